The number of hydrogen-bond acceptors (Lipinski definition) is 8. The molecule has 8 nitrogen and oxygen atoms in total. The van der Waals surface area contributed by atoms with Crippen LogP contribution in [0.3, 0.4) is 0 Å². The van der Waals surface area contributed by atoms with E-state index in [1.807, 2.05) is 13.8 Å². The number of aliphatic hydroxyl groups is 2. The summed E-state index contributed by atoms with van der Waals surface area (Å²) >= 11 is 0. The molecule has 0 radical (unpaired) electrons. The summed E-state index contributed by atoms with van der Waals surface area (Å²) in [7, 11) is 1.30. The van der Waals surface area contributed by atoms with Gasteiger partial charge in [0.25, 0.3) is 0 Å². The fourth-order valence-electron chi connectivity index (χ4n) is 6.73. The second kappa shape index (κ2) is 8.05. The zero-order chi connectivity index (χ0) is 24.3. The first-order chi connectivity index (χ1) is 15.5. The molecule has 8 atom stereocenters. The molecule has 2 aliphatic heterocycles. The van der Waals surface area contributed by atoms with Crippen molar-refractivity contribution >= 4 is 11.9 Å². The maximum absolute atomic E-state index is 13.1. The number of allylic oxidation sites excluding steroid dienone is 1. The van der Waals surface area contributed by atoms with Gasteiger partial charge in [-0.15, -0.1) is 0 Å². The Morgan fingerprint density at radius 1 is 1.24 bits per heavy atom. The molecule has 2 bridgehead atoms. The average molecular weight is 463 g/mol. The maximum Gasteiger partial charge on any atom is 0.339 e. The lowest BCUT2D eigenvalue weighted by atomic mass is 9.57. The van der Waals surface area contributed by atoms with Crippen molar-refractivity contribution in [1.82, 2.24) is 0 Å². The van der Waals surface area contributed by atoms with Crippen molar-refractivity contribution in [1.29, 1.82) is 0 Å². The Labute approximate surface area is 194 Å². The largest absolute Gasteiger partial charge is 0.466 e. The highest BCUT2D eigenvalue weighted by molar-refractivity contribution is 5.92. The molecule has 2 heterocycles. The standard InChI is InChI=1S/C25H34O8/c1-7-31-22(28)17-11-24-16(15(13(3)4)10-25(17,33-24)32-8-2)9-14(21(27)30-6)19-18(26)12-23(5,29)20(19)24/h9,11,15-16,18-20,26,29H,3,7-8,10,12H2,1-2,4-6H3/t15-,16+,18+,19?,20-,23-,24+,25+/m0/s1. The van der Waals surface area contributed by atoms with Gasteiger partial charge in [0, 0.05) is 42.8 Å². The van der Waals surface area contributed by atoms with Crippen LogP contribution < -0.4 is 0 Å². The molecule has 1 spiro atoms. The van der Waals surface area contributed by atoms with Crippen LogP contribution in [-0.4, -0.2) is 65.6 Å². The van der Waals surface area contributed by atoms with E-state index >= 15 is 0 Å². The first-order valence-corrected chi connectivity index (χ1v) is 11.6. The lowest BCUT2D eigenvalue weighted by Gasteiger charge is -2.56. The quantitative estimate of drug-likeness (QED) is 0.456. The predicted octanol–water partition coefficient (Wildman–Crippen LogP) is 2.05. The normalized spacial score (nSPS) is 43.2. The fraction of sp³-hybridized carbons (Fsp3) is 0.680. The highest BCUT2D eigenvalue weighted by Gasteiger charge is 2.73. The van der Waals surface area contributed by atoms with Crippen molar-refractivity contribution in [2.24, 2.45) is 23.7 Å². The highest BCUT2D eigenvalue weighted by Crippen LogP contribution is 2.66. The molecular formula is C25H34O8. The van der Waals surface area contributed by atoms with Gasteiger partial charge >= 0.3 is 11.9 Å². The van der Waals surface area contributed by atoms with Crippen molar-refractivity contribution in [3.63, 3.8) is 0 Å². The summed E-state index contributed by atoms with van der Waals surface area (Å²) in [5.41, 5.74) is -1.17. The van der Waals surface area contributed by atoms with Crippen LogP contribution in [0.15, 0.2) is 35.5 Å². The SMILES string of the molecule is C=C(C)[C@@H]1C[C@@]2(OCC)O[C@]3(C=C2C(=O)OCC)[C@@H]1C=C(C(=O)OC)C1[C@H](O)C[C@](C)(O)[C@H]13. The number of methoxy groups -OCH3 is 1. The van der Waals surface area contributed by atoms with Crippen molar-refractivity contribution in [2.75, 3.05) is 20.3 Å². The third-order valence-electron chi connectivity index (χ3n) is 7.76. The number of fused-ring (bicyclic) bond motifs is 2. The zero-order valence-electron chi connectivity index (χ0n) is 19.9. The second-order valence-electron chi connectivity index (χ2n) is 9.85. The molecule has 2 aliphatic carbocycles. The van der Waals surface area contributed by atoms with Gasteiger partial charge in [-0.1, -0.05) is 18.2 Å². The third-order valence-corrected chi connectivity index (χ3v) is 7.76. The molecule has 2 N–H and O–H groups in total. The second-order valence-corrected chi connectivity index (χ2v) is 9.85. The number of aliphatic hydroxyl groups excluding tert-OH is 1. The van der Waals surface area contributed by atoms with E-state index < -0.39 is 52.8 Å². The summed E-state index contributed by atoms with van der Waals surface area (Å²) in [4.78, 5) is 25.9. The van der Waals surface area contributed by atoms with Gasteiger partial charge in [-0.25, -0.2) is 9.59 Å². The predicted molar refractivity (Wildman–Crippen MR) is 118 cm³/mol. The van der Waals surface area contributed by atoms with Gasteiger partial charge in [0.05, 0.1) is 31.0 Å². The first-order valence-electron chi connectivity index (χ1n) is 11.6. The van der Waals surface area contributed by atoms with E-state index in [2.05, 4.69) is 6.58 Å². The molecule has 4 rings (SSSR count). The average Bonchev–Trinajstić information content (AvgIpc) is 3.15. The summed E-state index contributed by atoms with van der Waals surface area (Å²) in [5, 5.41) is 22.5. The molecule has 0 aromatic rings. The number of carbonyl (C=O) groups is 2. The number of ether oxygens (including phenoxy) is 4. The molecule has 33 heavy (non-hydrogen) atoms. The van der Waals surface area contributed by atoms with Crippen LogP contribution in [-0.2, 0) is 28.5 Å². The summed E-state index contributed by atoms with van der Waals surface area (Å²) in [5.74, 6) is -4.56. The Morgan fingerprint density at radius 2 is 1.94 bits per heavy atom. The highest BCUT2D eigenvalue weighted by atomic mass is 16.7. The van der Waals surface area contributed by atoms with E-state index in [4.69, 9.17) is 18.9 Å². The minimum Gasteiger partial charge on any atom is -0.466 e. The minimum absolute atomic E-state index is 0.0520. The number of carbonyl (C=O) groups excluding carboxylic acids is 2. The molecule has 0 amide bonds. The van der Waals surface area contributed by atoms with Gasteiger partial charge < -0.3 is 29.2 Å². The summed E-state index contributed by atoms with van der Waals surface area (Å²) in [6.07, 6.45) is 2.89. The van der Waals surface area contributed by atoms with Crippen molar-refractivity contribution in [3.05, 3.63) is 35.5 Å². The first kappa shape index (κ1) is 24.1. The molecule has 1 unspecified atom stereocenters. The Balaban J connectivity index is 2.00. The molecular weight excluding hydrogens is 428 g/mol. The Kier molecular flexibility index (Phi) is 5.88. The van der Waals surface area contributed by atoms with E-state index in [-0.39, 0.29) is 31.1 Å². The van der Waals surface area contributed by atoms with Gasteiger partial charge in [-0.2, -0.15) is 0 Å². The van der Waals surface area contributed by atoms with Crippen LogP contribution in [0.1, 0.15) is 40.5 Å². The van der Waals surface area contributed by atoms with Gasteiger partial charge in [0.2, 0.25) is 5.79 Å². The van der Waals surface area contributed by atoms with Crippen molar-refractivity contribution < 1.29 is 38.7 Å². The van der Waals surface area contributed by atoms with Crippen LogP contribution in [0.5, 0.6) is 0 Å². The maximum atomic E-state index is 13.1. The van der Waals surface area contributed by atoms with Crippen molar-refractivity contribution in [2.45, 2.75) is 63.6 Å². The van der Waals surface area contributed by atoms with E-state index in [0.717, 1.165) is 5.57 Å². The third kappa shape index (κ3) is 3.33. The van der Waals surface area contributed by atoms with Gasteiger partial charge in [-0.05, 0) is 39.7 Å². The fourth-order valence-corrected chi connectivity index (χ4v) is 6.73. The van der Waals surface area contributed by atoms with E-state index in [9.17, 15) is 19.8 Å². The molecule has 2 fully saturated rings. The van der Waals surface area contributed by atoms with Gasteiger partial charge in [0.1, 0.15) is 5.60 Å². The van der Waals surface area contributed by atoms with E-state index in [1.165, 1.54) is 7.11 Å². The zero-order valence-corrected chi connectivity index (χ0v) is 19.9. The van der Waals surface area contributed by atoms with Crippen LogP contribution >= 0.6 is 0 Å². The Hall–Kier alpha value is -2.00. The molecule has 0 aromatic carbocycles. The molecule has 8 heteroatoms. The van der Waals surface area contributed by atoms with Crippen molar-refractivity contribution in [3.8, 4) is 0 Å². The lowest BCUT2D eigenvalue weighted by Crippen LogP contribution is -2.63. The van der Waals surface area contributed by atoms with Crippen LogP contribution in [0.25, 0.3) is 0 Å². The molecule has 4 aliphatic rings. The lowest BCUT2D eigenvalue weighted by molar-refractivity contribution is -0.307. The van der Waals surface area contributed by atoms with E-state index in [1.54, 1.807) is 26.0 Å². The number of hydrogen-bond donors (Lipinski definition) is 2. The number of esters is 2. The Morgan fingerprint density at radius 3 is 2.52 bits per heavy atom. The molecule has 182 valence electrons. The van der Waals surface area contributed by atoms with E-state index in [0.29, 0.717) is 12.0 Å². The summed E-state index contributed by atoms with van der Waals surface area (Å²) in [6, 6.07) is 0. The number of rotatable bonds is 6. The minimum atomic E-state index is -1.38. The monoisotopic (exact) mass is 462 g/mol. The molecule has 1 saturated heterocycles. The van der Waals surface area contributed by atoms with Crippen LogP contribution in [0.4, 0.5) is 0 Å². The Bertz CT molecular complexity index is 933. The van der Waals surface area contributed by atoms with Crippen LogP contribution in [0.2, 0.25) is 0 Å². The van der Waals surface area contributed by atoms with Gasteiger partial charge in [0.15, 0.2) is 0 Å². The smallest absolute Gasteiger partial charge is 0.339 e. The molecule has 1 saturated carbocycles. The summed E-state index contributed by atoms with van der Waals surface area (Å²) < 4.78 is 23.2. The molecule has 0 aromatic heterocycles. The topological polar surface area (TPSA) is 112 Å². The van der Waals surface area contributed by atoms with Crippen LogP contribution in [0, 0.1) is 23.7 Å². The summed E-state index contributed by atoms with van der Waals surface area (Å²) in [6.45, 7) is 11.7. The van der Waals surface area contributed by atoms with Gasteiger partial charge in [-0.3, -0.25) is 0 Å².